The molecule has 0 radical (unpaired) electrons. The minimum absolute atomic E-state index is 0.590. The molecule has 2 rings (SSSR count). The van der Waals surface area contributed by atoms with Crippen LogP contribution < -0.4 is 4.90 Å². The molecule has 0 spiro atoms. The summed E-state index contributed by atoms with van der Waals surface area (Å²) < 4.78 is 0.924. The third-order valence-electron chi connectivity index (χ3n) is 3.13. The highest BCUT2D eigenvalue weighted by Gasteiger charge is 2.32. The molecule has 0 bridgehead atoms. The van der Waals surface area contributed by atoms with Crippen LogP contribution in [0.25, 0.3) is 0 Å². The molecule has 2 heterocycles. The summed E-state index contributed by atoms with van der Waals surface area (Å²) in [5.41, 5.74) is 0. The minimum Gasteiger partial charge on any atom is -0.339 e. The van der Waals surface area contributed by atoms with Gasteiger partial charge in [0.25, 0.3) is 0 Å². The van der Waals surface area contributed by atoms with Crippen LogP contribution in [-0.2, 0) is 0 Å². The summed E-state index contributed by atoms with van der Waals surface area (Å²) in [6.07, 6.45) is 3.60. The highest BCUT2D eigenvalue weighted by atomic mass is 79.9. The average molecular weight is 285 g/mol. The molecule has 16 heavy (non-hydrogen) atoms. The average Bonchev–Trinajstić information content (AvgIpc) is 2.61. The van der Waals surface area contributed by atoms with Gasteiger partial charge in [0.1, 0.15) is 0 Å². The zero-order chi connectivity index (χ0) is 11.7. The SMILES string of the molecule is CC1CN(c2ncc(Br)cn2)CC1N(C)C. The number of hydrogen-bond donors (Lipinski definition) is 0. The molecule has 1 aromatic heterocycles. The van der Waals surface area contributed by atoms with E-state index in [0.717, 1.165) is 23.5 Å². The van der Waals surface area contributed by atoms with E-state index in [4.69, 9.17) is 0 Å². The van der Waals surface area contributed by atoms with E-state index >= 15 is 0 Å². The quantitative estimate of drug-likeness (QED) is 0.826. The van der Waals surface area contributed by atoms with Crippen LogP contribution in [0, 0.1) is 5.92 Å². The first kappa shape index (κ1) is 11.8. The summed E-state index contributed by atoms with van der Waals surface area (Å²) in [4.78, 5) is 13.2. The molecular formula is C11H17BrN4. The van der Waals surface area contributed by atoms with Crippen molar-refractivity contribution in [3.63, 3.8) is 0 Å². The van der Waals surface area contributed by atoms with Crippen molar-refractivity contribution in [3.05, 3.63) is 16.9 Å². The smallest absolute Gasteiger partial charge is 0.225 e. The highest BCUT2D eigenvalue weighted by Crippen LogP contribution is 2.23. The molecule has 5 heteroatoms. The Morgan fingerprint density at radius 2 is 1.94 bits per heavy atom. The molecule has 0 aliphatic carbocycles. The van der Waals surface area contributed by atoms with Gasteiger partial charge in [-0.3, -0.25) is 0 Å². The van der Waals surface area contributed by atoms with E-state index in [0.29, 0.717) is 12.0 Å². The largest absolute Gasteiger partial charge is 0.339 e. The van der Waals surface area contributed by atoms with E-state index < -0.39 is 0 Å². The molecule has 0 N–H and O–H groups in total. The molecule has 2 atom stereocenters. The molecule has 0 amide bonds. The number of likely N-dealkylation sites (N-methyl/N-ethyl adjacent to an activating group) is 1. The van der Waals surface area contributed by atoms with Gasteiger partial charge in [0.15, 0.2) is 0 Å². The Morgan fingerprint density at radius 3 is 2.44 bits per heavy atom. The second-order valence-electron chi connectivity index (χ2n) is 4.61. The van der Waals surface area contributed by atoms with Gasteiger partial charge >= 0.3 is 0 Å². The van der Waals surface area contributed by atoms with E-state index in [2.05, 4.69) is 56.7 Å². The van der Waals surface area contributed by atoms with Crippen LogP contribution in [0.5, 0.6) is 0 Å². The van der Waals surface area contributed by atoms with Crippen molar-refractivity contribution in [1.82, 2.24) is 14.9 Å². The van der Waals surface area contributed by atoms with Gasteiger partial charge in [-0.15, -0.1) is 0 Å². The molecule has 0 aromatic carbocycles. The monoisotopic (exact) mass is 284 g/mol. The first-order chi connectivity index (χ1) is 7.58. The number of halogens is 1. The summed E-state index contributed by atoms with van der Waals surface area (Å²) >= 11 is 3.35. The van der Waals surface area contributed by atoms with Crippen molar-refractivity contribution in [2.75, 3.05) is 32.1 Å². The van der Waals surface area contributed by atoms with E-state index in [1.165, 1.54) is 0 Å². The lowest BCUT2D eigenvalue weighted by atomic mass is 10.1. The Morgan fingerprint density at radius 1 is 1.31 bits per heavy atom. The van der Waals surface area contributed by atoms with Crippen LogP contribution in [0.4, 0.5) is 5.95 Å². The van der Waals surface area contributed by atoms with Gasteiger partial charge in [-0.05, 0) is 35.9 Å². The van der Waals surface area contributed by atoms with Crippen LogP contribution in [0.1, 0.15) is 6.92 Å². The maximum absolute atomic E-state index is 4.34. The Balaban J connectivity index is 2.10. The zero-order valence-corrected chi connectivity index (χ0v) is 11.5. The van der Waals surface area contributed by atoms with Crippen molar-refractivity contribution in [2.24, 2.45) is 5.92 Å². The molecule has 0 saturated carbocycles. The van der Waals surface area contributed by atoms with E-state index in [1.807, 2.05) is 0 Å². The molecule has 1 aliphatic rings. The number of aromatic nitrogens is 2. The van der Waals surface area contributed by atoms with Crippen LogP contribution in [0.2, 0.25) is 0 Å². The van der Waals surface area contributed by atoms with Crippen molar-refractivity contribution >= 4 is 21.9 Å². The topological polar surface area (TPSA) is 32.3 Å². The fourth-order valence-corrected chi connectivity index (χ4v) is 2.46. The number of rotatable bonds is 2. The van der Waals surface area contributed by atoms with Crippen molar-refractivity contribution in [1.29, 1.82) is 0 Å². The Labute approximate surface area is 105 Å². The third kappa shape index (κ3) is 2.35. The standard InChI is InChI=1S/C11H17BrN4/c1-8-6-16(7-10(8)15(2)3)11-13-4-9(12)5-14-11/h4-5,8,10H,6-7H2,1-3H3. The lowest BCUT2D eigenvalue weighted by Gasteiger charge is -2.22. The number of hydrogen-bond acceptors (Lipinski definition) is 4. The van der Waals surface area contributed by atoms with Gasteiger partial charge < -0.3 is 9.80 Å². The fraction of sp³-hybridized carbons (Fsp3) is 0.636. The predicted molar refractivity (Wildman–Crippen MR) is 68.6 cm³/mol. The lowest BCUT2D eigenvalue weighted by molar-refractivity contribution is 0.266. The van der Waals surface area contributed by atoms with Crippen molar-refractivity contribution in [3.8, 4) is 0 Å². The number of nitrogens with zero attached hydrogens (tertiary/aromatic N) is 4. The molecule has 1 saturated heterocycles. The Hall–Kier alpha value is -0.680. The van der Waals surface area contributed by atoms with Gasteiger partial charge in [-0.2, -0.15) is 0 Å². The normalized spacial score (nSPS) is 25.4. The van der Waals surface area contributed by atoms with Gasteiger partial charge in [-0.1, -0.05) is 6.92 Å². The second kappa shape index (κ2) is 4.67. The van der Waals surface area contributed by atoms with E-state index in [1.54, 1.807) is 12.4 Å². The van der Waals surface area contributed by atoms with Gasteiger partial charge in [0.05, 0.1) is 4.47 Å². The summed E-state index contributed by atoms with van der Waals surface area (Å²) in [7, 11) is 4.26. The first-order valence-electron chi connectivity index (χ1n) is 5.47. The zero-order valence-electron chi connectivity index (χ0n) is 9.89. The van der Waals surface area contributed by atoms with Gasteiger partial charge in [0, 0.05) is 31.5 Å². The van der Waals surface area contributed by atoms with Crippen LogP contribution in [0.3, 0.4) is 0 Å². The Bertz CT molecular complexity index is 352. The predicted octanol–water partition coefficient (Wildman–Crippen LogP) is 1.63. The second-order valence-corrected chi connectivity index (χ2v) is 5.53. The first-order valence-corrected chi connectivity index (χ1v) is 6.26. The highest BCUT2D eigenvalue weighted by molar-refractivity contribution is 9.10. The molecule has 1 fully saturated rings. The lowest BCUT2D eigenvalue weighted by Crippen LogP contribution is -2.34. The van der Waals surface area contributed by atoms with E-state index in [-0.39, 0.29) is 0 Å². The molecule has 4 nitrogen and oxygen atoms in total. The maximum atomic E-state index is 4.34. The number of anilines is 1. The maximum Gasteiger partial charge on any atom is 0.225 e. The summed E-state index contributed by atoms with van der Waals surface area (Å²) in [5.74, 6) is 1.49. The third-order valence-corrected chi connectivity index (χ3v) is 3.54. The van der Waals surface area contributed by atoms with E-state index in [9.17, 15) is 0 Å². The summed E-state index contributed by atoms with van der Waals surface area (Å²) in [6.45, 7) is 4.32. The fourth-order valence-electron chi connectivity index (χ4n) is 2.25. The molecule has 2 unspecified atom stereocenters. The van der Waals surface area contributed by atoms with Crippen LogP contribution in [0.15, 0.2) is 16.9 Å². The minimum atomic E-state index is 0.590. The van der Waals surface area contributed by atoms with Crippen molar-refractivity contribution in [2.45, 2.75) is 13.0 Å². The van der Waals surface area contributed by atoms with Crippen LogP contribution in [-0.4, -0.2) is 48.1 Å². The van der Waals surface area contributed by atoms with Crippen molar-refractivity contribution < 1.29 is 0 Å². The van der Waals surface area contributed by atoms with Crippen LogP contribution >= 0.6 is 15.9 Å². The molecular weight excluding hydrogens is 268 g/mol. The molecule has 1 aromatic rings. The molecule has 1 aliphatic heterocycles. The Kier molecular flexibility index (Phi) is 3.44. The van der Waals surface area contributed by atoms with Gasteiger partial charge in [0.2, 0.25) is 5.95 Å². The molecule has 88 valence electrons. The van der Waals surface area contributed by atoms with Gasteiger partial charge in [-0.25, -0.2) is 9.97 Å². The summed E-state index contributed by atoms with van der Waals surface area (Å²) in [6, 6.07) is 0.590. The summed E-state index contributed by atoms with van der Waals surface area (Å²) in [5, 5.41) is 0.